The molecule has 0 radical (unpaired) electrons. The van der Waals surface area contributed by atoms with E-state index in [0.29, 0.717) is 10.5 Å². The predicted octanol–water partition coefficient (Wildman–Crippen LogP) is 1.00. The molecule has 0 aromatic heterocycles. The van der Waals surface area contributed by atoms with Crippen LogP contribution in [-0.2, 0) is 0 Å². The van der Waals surface area contributed by atoms with Crippen molar-refractivity contribution >= 4 is 11.8 Å². The van der Waals surface area contributed by atoms with Crippen molar-refractivity contribution < 1.29 is 0 Å². The van der Waals surface area contributed by atoms with Crippen LogP contribution in [0.2, 0.25) is 0 Å². The molecule has 0 saturated carbocycles. The topological polar surface area (TPSA) is 24.1 Å². The Morgan fingerprint density at radius 3 is 3.38 bits per heavy atom. The highest BCUT2D eigenvalue weighted by Crippen LogP contribution is 2.40. The summed E-state index contributed by atoms with van der Waals surface area (Å²) >= 11 is 2.04. The van der Waals surface area contributed by atoms with Gasteiger partial charge >= 0.3 is 0 Å². The quantitative estimate of drug-likeness (QED) is 0.599. The van der Waals surface area contributed by atoms with Gasteiger partial charge in [0, 0.05) is 12.2 Å². The van der Waals surface area contributed by atoms with Gasteiger partial charge in [0.05, 0.1) is 17.2 Å². The Morgan fingerprint density at radius 1 is 1.38 bits per heavy atom. The van der Waals surface area contributed by atoms with Gasteiger partial charge in [0.1, 0.15) is 0 Å². The van der Waals surface area contributed by atoms with E-state index in [2.05, 4.69) is 34.9 Å². The highest BCUT2D eigenvalue weighted by atomic mass is 32.2. The van der Waals surface area contributed by atoms with Gasteiger partial charge in [-0.25, -0.2) is 0 Å². The Morgan fingerprint density at radius 2 is 2.38 bits per heavy atom. The van der Waals surface area contributed by atoms with E-state index in [1.807, 2.05) is 11.8 Å². The van der Waals surface area contributed by atoms with Crippen molar-refractivity contribution in [2.45, 2.75) is 10.5 Å². The lowest BCUT2D eigenvalue weighted by Gasteiger charge is -2.23. The predicted molar refractivity (Wildman–Crippen MR) is 56.5 cm³/mol. The summed E-state index contributed by atoms with van der Waals surface area (Å²) in [5, 5.41) is 8.03. The highest BCUT2D eigenvalue weighted by molar-refractivity contribution is 8.01. The van der Waals surface area contributed by atoms with Crippen LogP contribution in [0.3, 0.4) is 0 Å². The summed E-state index contributed by atoms with van der Waals surface area (Å²) in [4.78, 5) is 0. The second-order valence-electron chi connectivity index (χ2n) is 3.47. The number of thioether (sulfide) groups is 1. The average molecular weight is 192 g/mol. The number of fused-ring (bicyclic) bond motifs is 2. The zero-order chi connectivity index (χ0) is 8.67. The van der Waals surface area contributed by atoms with Crippen molar-refractivity contribution in [1.82, 2.24) is 10.6 Å². The maximum absolute atomic E-state index is 3.44. The van der Waals surface area contributed by atoms with Gasteiger partial charge in [0.2, 0.25) is 0 Å². The molecule has 1 saturated heterocycles. The van der Waals surface area contributed by atoms with Crippen LogP contribution in [0.15, 0.2) is 35.6 Å². The van der Waals surface area contributed by atoms with Crippen molar-refractivity contribution in [2.24, 2.45) is 0 Å². The third-order valence-corrected chi connectivity index (χ3v) is 4.09. The van der Waals surface area contributed by atoms with Gasteiger partial charge in [-0.05, 0) is 5.57 Å². The van der Waals surface area contributed by atoms with E-state index in [0.717, 1.165) is 13.2 Å². The van der Waals surface area contributed by atoms with E-state index < -0.39 is 0 Å². The number of hydrogen-bond donors (Lipinski definition) is 2. The minimum atomic E-state index is 0.595. The van der Waals surface area contributed by atoms with Crippen LogP contribution in [0.4, 0.5) is 0 Å². The van der Waals surface area contributed by atoms with E-state index in [1.165, 1.54) is 11.3 Å². The summed E-state index contributed by atoms with van der Waals surface area (Å²) < 4.78 is 0. The largest absolute Gasteiger partial charge is 0.375 e. The molecule has 2 heterocycles. The van der Waals surface area contributed by atoms with E-state index in [4.69, 9.17) is 0 Å². The fourth-order valence-electron chi connectivity index (χ4n) is 2.04. The molecule has 0 aromatic carbocycles. The first-order chi connectivity index (χ1) is 6.45. The van der Waals surface area contributed by atoms with Crippen LogP contribution in [0.25, 0.3) is 0 Å². The smallest absolute Gasteiger partial charge is 0.0651 e. The van der Waals surface area contributed by atoms with Gasteiger partial charge in [0.25, 0.3) is 0 Å². The molecule has 0 amide bonds. The molecule has 3 rings (SSSR count). The van der Waals surface area contributed by atoms with Crippen LogP contribution in [0, 0.1) is 0 Å². The molecule has 1 fully saturated rings. The molecule has 0 spiro atoms. The third kappa shape index (κ3) is 1.15. The van der Waals surface area contributed by atoms with Crippen molar-refractivity contribution in [3.8, 4) is 0 Å². The van der Waals surface area contributed by atoms with E-state index in [9.17, 15) is 0 Å². The second kappa shape index (κ2) is 2.93. The van der Waals surface area contributed by atoms with E-state index in [1.54, 1.807) is 0 Å². The monoisotopic (exact) mass is 192 g/mol. The van der Waals surface area contributed by atoms with Crippen molar-refractivity contribution in [2.75, 3.05) is 13.2 Å². The second-order valence-corrected chi connectivity index (χ2v) is 4.82. The van der Waals surface area contributed by atoms with Crippen LogP contribution in [0.1, 0.15) is 0 Å². The minimum absolute atomic E-state index is 0.595. The van der Waals surface area contributed by atoms with Gasteiger partial charge in [-0.2, -0.15) is 0 Å². The van der Waals surface area contributed by atoms with Crippen molar-refractivity contribution in [1.29, 1.82) is 0 Å². The molecule has 2 aliphatic heterocycles. The Bertz CT molecular complexity index is 317. The molecule has 3 heteroatoms. The van der Waals surface area contributed by atoms with Gasteiger partial charge in [-0.15, -0.1) is 11.8 Å². The Labute approximate surface area is 82.2 Å². The maximum Gasteiger partial charge on any atom is 0.0651 e. The number of nitrogens with one attached hydrogen (secondary N) is 2. The molecule has 1 aliphatic carbocycles. The number of hydrogen-bond acceptors (Lipinski definition) is 3. The van der Waals surface area contributed by atoms with E-state index >= 15 is 0 Å². The lowest BCUT2D eigenvalue weighted by atomic mass is 10.0. The minimum Gasteiger partial charge on any atom is -0.375 e. The van der Waals surface area contributed by atoms with Gasteiger partial charge < -0.3 is 5.32 Å². The fraction of sp³-hybridized carbons (Fsp3) is 0.400. The summed E-state index contributed by atoms with van der Waals surface area (Å²) in [6.45, 7) is 2.02. The molecule has 3 aliphatic rings. The molecule has 2 nitrogen and oxygen atoms in total. The number of rotatable bonds is 0. The van der Waals surface area contributed by atoms with Crippen LogP contribution in [-0.4, -0.2) is 23.7 Å². The van der Waals surface area contributed by atoms with Gasteiger partial charge in [0.15, 0.2) is 0 Å². The third-order valence-electron chi connectivity index (χ3n) is 2.66. The fourth-order valence-corrected chi connectivity index (χ4v) is 3.50. The molecule has 13 heavy (non-hydrogen) atoms. The maximum atomic E-state index is 3.44. The van der Waals surface area contributed by atoms with Crippen molar-refractivity contribution in [3.63, 3.8) is 0 Å². The number of allylic oxidation sites excluding steroid dienone is 3. The van der Waals surface area contributed by atoms with Crippen LogP contribution in [0.5, 0.6) is 0 Å². The van der Waals surface area contributed by atoms with Gasteiger partial charge in [-0.1, -0.05) is 24.3 Å². The summed E-state index contributed by atoms with van der Waals surface area (Å²) in [6, 6.07) is 0. The summed E-state index contributed by atoms with van der Waals surface area (Å²) in [5.74, 6) is 0. The molecule has 2 unspecified atom stereocenters. The first-order valence-electron chi connectivity index (χ1n) is 4.64. The Kier molecular flexibility index (Phi) is 1.73. The van der Waals surface area contributed by atoms with Crippen molar-refractivity contribution in [3.05, 3.63) is 35.6 Å². The lowest BCUT2D eigenvalue weighted by Crippen LogP contribution is -2.42. The lowest BCUT2D eigenvalue weighted by molar-refractivity contribution is 0.565. The summed E-state index contributed by atoms with van der Waals surface area (Å²) in [5.41, 5.74) is 2.94. The zero-order valence-electron chi connectivity index (χ0n) is 7.29. The molecule has 2 N–H and O–H groups in total. The molecule has 0 bridgehead atoms. The SMILES string of the molecule is C1=CC2=C3NCNCC3SC2C=C1. The highest BCUT2D eigenvalue weighted by Gasteiger charge is 2.33. The first kappa shape index (κ1) is 7.71. The molecular weight excluding hydrogens is 180 g/mol. The molecule has 2 atom stereocenters. The normalized spacial score (nSPS) is 35.7. The Hall–Kier alpha value is -0.670. The van der Waals surface area contributed by atoms with Crippen LogP contribution >= 0.6 is 11.8 Å². The standard InChI is InChI=1S/C10H12N2S/c1-2-4-8-7(3-1)10-9(13-8)5-11-6-12-10/h1-4,8-9,11-12H,5-6H2. The molecule has 0 aromatic rings. The summed E-state index contributed by atoms with van der Waals surface area (Å²) in [6.07, 6.45) is 8.80. The zero-order valence-corrected chi connectivity index (χ0v) is 8.10. The van der Waals surface area contributed by atoms with Crippen LogP contribution < -0.4 is 10.6 Å². The van der Waals surface area contributed by atoms with E-state index in [-0.39, 0.29) is 0 Å². The van der Waals surface area contributed by atoms with Gasteiger partial charge in [-0.3, -0.25) is 5.32 Å². The summed E-state index contributed by atoms with van der Waals surface area (Å²) in [7, 11) is 0. The Balaban J connectivity index is 2.00. The molecular formula is C10H12N2S. The average Bonchev–Trinajstić information content (AvgIpc) is 2.56. The first-order valence-corrected chi connectivity index (χ1v) is 5.58. The molecule has 68 valence electrons.